The average molecular weight is 468 g/mol. The van der Waals surface area contributed by atoms with Crippen molar-refractivity contribution in [2.45, 2.75) is 43.9 Å². The van der Waals surface area contributed by atoms with Gasteiger partial charge in [-0.05, 0) is 59.1 Å². The lowest BCUT2D eigenvalue weighted by molar-refractivity contribution is -0.114. The third kappa shape index (κ3) is 2.30. The number of nitrogens with zero attached hydrogens (tertiary/aromatic N) is 2. The second kappa shape index (κ2) is 5.58. The van der Waals surface area contributed by atoms with Gasteiger partial charge in [0, 0.05) is 29.3 Å². The Hall–Kier alpha value is -0.850. The van der Waals surface area contributed by atoms with Gasteiger partial charge in [0.05, 0.1) is 20.4 Å². The zero-order chi connectivity index (χ0) is 16.3. The molecule has 0 radical (unpaired) electrons. The highest BCUT2D eigenvalue weighted by molar-refractivity contribution is 9.11. The van der Waals surface area contributed by atoms with Crippen molar-refractivity contribution in [2.24, 2.45) is 5.10 Å². The SMILES string of the molecule is Brc1ccc2c(c1)[C@@H]1CC(c3ccc(Br)s3)=NN1C1(CCCC1)O2. The molecule has 3 aliphatic rings. The van der Waals surface area contributed by atoms with Gasteiger partial charge in [-0.15, -0.1) is 11.3 Å². The van der Waals surface area contributed by atoms with E-state index in [0.29, 0.717) is 0 Å². The maximum absolute atomic E-state index is 6.53. The van der Waals surface area contributed by atoms with Crippen LogP contribution in [-0.4, -0.2) is 16.4 Å². The Bertz CT molecular complexity index is 841. The van der Waals surface area contributed by atoms with Crippen molar-refractivity contribution in [3.63, 3.8) is 0 Å². The van der Waals surface area contributed by atoms with Gasteiger partial charge in [-0.25, -0.2) is 5.01 Å². The maximum Gasteiger partial charge on any atom is 0.198 e. The van der Waals surface area contributed by atoms with E-state index in [1.807, 2.05) is 0 Å². The van der Waals surface area contributed by atoms with Crippen molar-refractivity contribution < 1.29 is 4.74 Å². The van der Waals surface area contributed by atoms with Gasteiger partial charge in [0.1, 0.15) is 5.75 Å². The van der Waals surface area contributed by atoms with Crippen LogP contribution in [0.5, 0.6) is 5.75 Å². The molecule has 6 heteroatoms. The van der Waals surface area contributed by atoms with Gasteiger partial charge < -0.3 is 4.74 Å². The van der Waals surface area contributed by atoms with Gasteiger partial charge >= 0.3 is 0 Å². The molecule has 2 aliphatic heterocycles. The lowest BCUT2D eigenvalue weighted by atomic mass is 9.95. The summed E-state index contributed by atoms with van der Waals surface area (Å²) < 4.78 is 8.78. The molecular weight excluding hydrogens is 452 g/mol. The molecule has 1 fully saturated rings. The van der Waals surface area contributed by atoms with Crippen LogP contribution in [-0.2, 0) is 0 Å². The molecule has 0 bridgehead atoms. The predicted octanol–water partition coefficient (Wildman–Crippen LogP) is 6.09. The fourth-order valence-corrected chi connectivity index (χ4v) is 5.89. The Kier molecular flexibility index (Phi) is 3.58. The summed E-state index contributed by atoms with van der Waals surface area (Å²) in [5, 5.41) is 7.33. The molecule has 1 spiro atoms. The molecule has 0 saturated heterocycles. The summed E-state index contributed by atoms with van der Waals surface area (Å²) in [7, 11) is 0. The number of hydrogen-bond donors (Lipinski definition) is 0. The fraction of sp³-hybridized carbons (Fsp3) is 0.389. The van der Waals surface area contributed by atoms with Crippen molar-refractivity contribution in [2.75, 3.05) is 0 Å². The normalized spacial score (nSPS) is 23.8. The molecule has 1 atom stereocenters. The number of benzene rings is 1. The van der Waals surface area contributed by atoms with Crippen LogP contribution >= 0.6 is 43.2 Å². The minimum Gasteiger partial charge on any atom is -0.466 e. The second-order valence-electron chi connectivity index (χ2n) is 6.65. The molecule has 0 amide bonds. The van der Waals surface area contributed by atoms with E-state index in [1.165, 1.54) is 29.0 Å². The predicted molar refractivity (Wildman–Crippen MR) is 104 cm³/mol. The number of rotatable bonds is 1. The Morgan fingerprint density at radius 3 is 2.75 bits per heavy atom. The molecule has 0 N–H and O–H groups in total. The molecule has 3 nitrogen and oxygen atoms in total. The van der Waals surface area contributed by atoms with Crippen molar-refractivity contribution in [3.8, 4) is 5.75 Å². The van der Waals surface area contributed by atoms with E-state index in [0.717, 1.165) is 33.3 Å². The van der Waals surface area contributed by atoms with Gasteiger partial charge in [-0.1, -0.05) is 15.9 Å². The number of ether oxygens (including phenoxy) is 1. The first-order valence-corrected chi connectivity index (χ1v) is 10.7. The smallest absolute Gasteiger partial charge is 0.198 e. The summed E-state index contributed by atoms with van der Waals surface area (Å²) in [5.74, 6) is 1.03. The summed E-state index contributed by atoms with van der Waals surface area (Å²) in [5.41, 5.74) is 2.18. The van der Waals surface area contributed by atoms with Gasteiger partial charge in [0.25, 0.3) is 0 Å². The fourth-order valence-electron chi connectivity index (χ4n) is 4.13. The molecular formula is C18H16Br2N2OS. The van der Waals surface area contributed by atoms with Crippen LogP contribution in [0.4, 0.5) is 0 Å². The highest BCUT2D eigenvalue weighted by Crippen LogP contribution is 2.52. The van der Waals surface area contributed by atoms with Crippen LogP contribution < -0.4 is 4.74 Å². The van der Waals surface area contributed by atoms with Gasteiger partial charge in [-0.2, -0.15) is 5.10 Å². The van der Waals surface area contributed by atoms with Crippen LogP contribution in [0, 0.1) is 0 Å². The van der Waals surface area contributed by atoms with Crippen LogP contribution in [0.1, 0.15) is 48.6 Å². The quantitative estimate of drug-likeness (QED) is 0.507. The number of thiophene rings is 1. The lowest BCUT2D eigenvalue weighted by Gasteiger charge is -2.45. The van der Waals surface area contributed by atoms with Gasteiger partial charge in [0.2, 0.25) is 0 Å². The molecule has 124 valence electrons. The molecule has 1 aromatic carbocycles. The van der Waals surface area contributed by atoms with Crippen molar-refractivity contribution in [1.82, 2.24) is 5.01 Å². The lowest BCUT2D eigenvalue weighted by Crippen LogP contribution is -2.51. The zero-order valence-corrected chi connectivity index (χ0v) is 17.0. The van der Waals surface area contributed by atoms with Gasteiger partial charge in [-0.3, -0.25) is 0 Å². The third-order valence-corrected chi connectivity index (χ3v) is 7.37. The highest BCUT2D eigenvalue weighted by Gasteiger charge is 2.51. The molecule has 0 unspecified atom stereocenters. The Balaban J connectivity index is 1.62. The molecule has 1 aromatic heterocycles. The molecule has 1 saturated carbocycles. The van der Waals surface area contributed by atoms with E-state index in [4.69, 9.17) is 9.84 Å². The largest absolute Gasteiger partial charge is 0.466 e. The van der Waals surface area contributed by atoms with E-state index >= 15 is 0 Å². The van der Waals surface area contributed by atoms with Crippen molar-refractivity contribution in [3.05, 3.63) is 49.0 Å². The van der Waals surface area contributed by atoms with Gasteiger partial charge in [0.15, 0.2) is 5.72 Å². The molecule has 5 rings (SSSR count). The van der Waals surface area contributed by atoms with E-state index in [9.17, 15) is 0 Å². The molecule has 24 heavy (non-hydrogen) atoms. The Morgan fingerprint density at radius 1 is 1.17 bits per heavy atom. The minimum atomic E-state index is -0.248. The maximum atomic E-state index is 6.53. The molecule has 2 aromatic rings. The monoisotopic (exact) mass is 466 g/mol. The van der Waals surface area contributed by atoms with Crippen molar-refractivity contribution >= 4 is 48.9 Å². The minimum absolute atomic E-state index is 0.248. The first-order chi connectivity index (χ1) is 11.6. The molecule has 3 heterocycles. The van der Waals surface area contributed by atoms with Crippen molar-refractivity contribution in [1.29, 1.82) is 0 Å². The summed E-state index contributed by atoms with van der Waals surface area (Å²) in [6.07, 6.45) is 5.49. The summed E-state index contributed by atoms with van der Waals surface area (Å²) in [4.78, 5) is 1.25. The van der Waals surface area contributed by atoms with Crippen LogP contribution in [0.25, 0.3) is 0 Å². The number of fused-ring (bicyclic) bond motifs is 4. The standard InChI is InChI=1S/C18H16Br2N2OS/c19-11-3-4-15-12(9-11)14-10-13(16-5-6-17(20)24-16)21-22(14)18(23-15)7-1-2-8-18/h3-6,9,14H,1-2,7-8,10H2/t14-/m0/s1. The van der Waals surface area contributed by atoms with Crippen LogP contribution in [0.15, 0.2) is 43.7 Å². The number of hydrazone groups is 1. The van der Waals surface area contributed by atoms with E-state index < -0.39 is 0 Å². The topological polar surface area (TPSA) is 24.8 Å². The van der Waals surface area contributed by atoms with Crippen LogP contribution in [0.3, 0.4) is 0 Å². The van der Waals surface area contributed by atoms with E-state index in [2.05, 4.69) is 67.2 Å². The average Bonchev–Trinajstić information content (AvgIpc) is 3.28. The number of hydrogen-bond acceptors (Lipinski definition) is 4. The third-order valence-electron chi connectivity index (χ3n) is 5.20. The first-order valence-electron chi connectivity index (χ1n) is 8.26. The zero-order valence-electron chi connectivity index (χ0n) is 13.0. The first kappa shape index (κ1) is 15.4. The Labute approximate surface area is 162 Å². The van der Waals surface area contributed by atoms with Crippen LogP contribution in [0.2, 0.25) is 0 Å². The summed E-state index contributed by atoms with van der Waals surface area (Å²) in [6, 6.07) is 10.9. The second-order valence-corrected chi connectivity index (χ2v) is 10.0. The van der Waals surface area contributed by atoms with E-state index in [1.54, 1.807) is 11.3 Å². The molecule has 1 aliphatic carbocycles. The number of halogens is 2. The highest BCUT2D eigenvalue weighted by atomic mass is 79.9. The Morgan fingerprint density at radius 2 is 2.00 bits per heavy atom. The summed E-state index contributed by atoms with van der Waals surface area (Å²) >= 11 is 8.94. The van der Waals surface area contributed by atoms with E-state index in [-0.39, 0.29) is 11.8 Å². The summed E-state index contributed by atoms with van der Waals surface area (Å²) in [6.45, 7) is 0.